The largest absolute Gasteiger partial charge is 0.469 e. The molecule has 14 heavy (non-hydrogen) atoms. The number of benzene rings is 1. The average Bonchev–Trinajstić information content (AvgIpc) is 2.13. The average molecular weight is 279 g/mol. The van der Waals surface area contributed by atoms with Crippen molar-refractivity contribution in [3.8, 4) is 0 Å². The summed E-state index contributed by atoms with van der Waals surface area (Å²) in [6.07, 6.45) is 0.155. The minimum Gasteiger partial charge on any atom is -0.469 e. The molecule has 0 bridgehead atoms. The SMILES string of the molecule is COC(=O)Cc1cc(N)cc(Cl)c1Br. The zero-order chi connectivity index (χ0) is 10.7. The number of carbonyl (C=O) groups is 1. The lowest BCUT2D eigenvalue weighted by Crippen LogP contribution is -2.05. The maximum Gasteiger partial charge on any atom is 0.310 e. The normalized spacial score (nSPS) is 9.93. The predicted molar refractivity (Wildman–Crippen MR) is 59.3 cm³/mol. The predicted octanol–water partition coefficient (Wildman–Crippen LogP) is 2.40. The molecule has 0 aliphatic heterocycles. The van der Waals surface area contributed by atoms with Gasteiger partial charge in [0.1, 0.15) is 0 Å². The molecule has 1 rings (SSSR count). The second-order valence-corrected chi connectivity index (χ2v) is 3.93. The Morgan fingerprint density at radius 3 is 2.86 bits per heavy atom. The first-order valence-corrected chi connectivity index (χ1v) is 5.02. The topological polar surface area (TPSA) is 52.3 Å². The number of methoxy groups -OCH3 is 1. The summed E-state index contributed by atoms with van der Waals surface area (Å²) in [7, 11) is 1.34. The summed E-state index contributed by atoms with van der Waals surface area (Å²) >= 11 is 9.14. The maximum absolute atomic E-state index is 11.0. The summed E-state index contributed by atoms with van der Waals surface area (Å²) in [4.78, 5) is 11.0. The molecule has 2 N–H and O–H groups in total. The van der Waals surface area contributed by atoms with Crippen molar-refractivity contribution in [2.75, 3.05) is 12.8 Å². The van der Waals surface area contributed by atoms with Gasteiger partial charge in [0.2, 0.25) is 0 Å². The zero-order valence-electron chi connectivity index (χ0n) is 7.51. The summed E-state index contributed by atoms with van der Waals surface area (Å²) in [6, 6.07) is 3.30. The maximum atomic E-state index is 11.0. The van der Waals surface area contributed by atoms with Gasteiger partial charge in [0.15, 0.2) is 0 Å². The van der Waals surface area contributed by atoms with Gasteiger partial charge in [0.05, 0.1) is 18.6 Å². The lowest BCUT2D eigenvalue weighted by atomic mass is 10.1. The van der Waals surface area contributed by atoms with Crippen LogP contribution >= 0.6 is 27.5 Å². The number of nitrogen functional groups attached to an aromatic ring is 1. The Morgan fingerprint density at radius 2 is 2.29 bits per heavy atom. The van der Waals surface area contributed by atoms with Crippen LogP contribution in [0.2, 0.25) is 5.02 Å². The number of nitrogens with two attached hydrogens (primary N) is 1. The van der Waals surface area contributed by atoms with E-state index in [0.717, 1.165) is 5.56 Å². The van der Waals surface area contributed by atoms with E-state index in [0.29, 0.717) is 15.2 Å². The fourth-order valence-corrected chi connectivity index (χ4v) is 1.64. The molecule has 5 heteroatoms. The van der Waals surface area contributed by atoms with Gasteiger partial charge in [-0.05, 0) is 33.6 Å². The highest BCUT2D eigenvalue weighted by atomic mass is 79.9. The Kier molecular flexibility index (Phi) is 3.77. The van der Waals surface area contributed by atoms with Crippen molar-refractivity contribution in [3.63, 3.8) is 0 Å². The first-order valence-electron chi connectivity index (χ1n) is 3.84. The van der Waals surface area contributed by atoms with Gasteiger partial charge in [0.25, 0.3) is 0 Å². The molecule has 76 valence electrons. The lowest BCUT2D eigenvalue weighted by Gasteiger charge is -2.06. The second-order valence-electron chi connectivity index (χ2n) is 2.73. The molecule has 0 amide bonds. The highest BCUT2D eigenvalue weighted by Crippen LogP contribution is 2.29. The fourth-order valence-electron chi connectivity index (χ4n) is 1.03. The quantitative estimate of drug-likeness (QED) is 0.667. The summed E-state index contributed by atoms with van der Waals surface area (Å²) < 4.78 is 5.22. The number of anilines is 1. The number of rotatable bonds is 2. The van der Waals surface area contributed by atoms with Gasteiger partial charge in [0, 0.05) is 10.2 Å². The number of halogens is 2. The van der Waals surface area contributed by atoms with E-state index in [9.17, 15) is 4.79 Å². The van der Waals surface area contributed by atoms with E-state index in [4.69, 9.17) is 17.3 Å². The molecule has 0 radical (unpaired) electrons. The summed E-state index contributed by atoms with van der Waals surface area (Å²) in [6.45, 7) is 0. The van der Waals surface area contributed by atoms with Crippen LogP contribution in [0.1, 0.15) is 5.56 Å². The summed E-state index contributed by atoms with van der Waals surface area (Å²) in [5, 5.41) is 0.490. The van der Waals surface area contributed by atoms with Crippen molar-refractivity contribution in [2.24, 2.45) is 0 Å². The van der Waals surface area contributed by atoms with E-state index >= 15 is 0 Å². The number of esters is 1. The van der Waals surface area contributed by atoms with E-state index in [2.05, 4.69) is 20.7 Å². The van der Waals surface area contributed by atoms with Gasteiger partial charge in [-0.1, -0.05) is 11.6 Å². The third kappa shape index (κ3) is 2.62. The minimum atomic E-state index is -0.327. The van der Waals surface area contributed by atoms with Gasteiger partial charge >= 0.3 is 5.97 Å². The molecule has 3 nitrogen and oxygen atoms in total. The van der Waals surface area contributed by atoms with Crippen LogP contribution in [0.4, 0.5) is 5.69 Å². The van der Waals surface area contributed by atoms with E-state index in [1.54, 1.807) is 12.1 Å². The molecule has 0 unspecified atom stereocenters. The highest BCUT2D eigenvalue weighted by molar-refractivity contribution is 9.10. The minimum absolute atomic E-state index is 0.155. The van der Waals surface area contributed by atoms with Gasteiger partial charge in [-0.3, -0.25) is 4.79 Å². The molecule has 0 fully saturated rings. The standard InChI is InChI=1S/C9H9BrClNO2/c1-14-8(13)3-5-2-6(12)4-7(11)9(5)10/h2,4H,3,12H2,1H3. The smallest absolute Gasteiger partial charge is 0.310 e. The number of hydrogen-bond acceptors (Lipinski definition) is 3. The van der Waals surface area contributed by atoms with Crippen LogP contribution in [-0.2, 0) is 16.0 Å². The molecular weight excluding hydrogens is 269 g/mol. The Labute approximate surface area is 95.3 Å². The van der Waals surface area contributed by atoms with Gasteiger partial charge < -0.3 is 10.5 Å². The Balaban J connectivity index is 3.02. The van der Waals surface area contributed by atoms with E-state index in [-0.39, 0.29) is 12.4 Å². The fraction of sp³-hybridized carbons (Fsp3) is 0.222. The molecule has 0 atom stereocenters. The van der Waals surface area contributed by atoms with Gasteiger partial charge in [-0.15, -0.1) is 0 Å². The van der Waals surface area contributed by atoms with Crippen LogP contribution in [0.25, 0.3) is 0 Å². The molecule has 0 saturated carbocycles. The Morgan fingerprint density at radius 1 is 1.64 bits per heavy atom. The summed E-state index contributed by atoms with van der Waals surface area (Å²) in [5.74, 6) is -0.327. The third-order valence-corrected chi connectivity index (χ3v) is 3.15. The molecule has 0 saturated heterocycles. The molecule has 0 heterocycles. The molecule has 0 aromatic heterocycles. The van der Waals surface area contributed by atoms with Crippen molar-refractivity contribution in [3.05, 3.63) is 27.2 Å². The van der Waals surface area contributed by atoms with Crippen LogP contribution in [-0.4, -0.2) is 13.1 Å². The molecule has 0 spiro atoms. The van der Waals surface area contributed by atoms with Crippen molar-refractivity contribution in [1.82, 2.24) is 0 Å². The van der Waals surface area contributed by atoms with E-state index in [1.807, 2.05) is 0 Å². The molecule has 1 aromatic carbocycles. The first kappa shape index (κ1) is 11.3. The molecule has 0 aliphatic rings. The third-order valence-electron chi connectivity index (χ3n) is 1.69. The van der Waals surface area contributed by atoms with Crippen LogP contribution in [0.15, 0.2) is 16.6 Å². The van der Waals surface area contributed by atoms with Crippen molar-refractivity contribution in [2.45, 2.75) is 6.42 Å². The summed E-state index contributed by atoms with van der Waals surface area (Å²) in [5.41, 5.74) is 6.84. The second kappa shape index (κ2) is 4.66. The van der Waals surface area contributed by atoms with Crippen LogP contribution in [0.5, 0.6) is 0 Å². The highest BCUT2D eigenvalue weighted by Gasteiger charge is 2.10. The Hall–Kier alpha value is -0.740. The number of ether oxygens (including phenoxy) is 1. The lowest BCUT2D eigenvalue weighted by molar-refractivity contribution is -0.139. The molecule has 1 aromatic rings. The van der Waals surface area contributed by atoms with Crippen LogP contribution < -0.4 is 5.73 Å². The van der Waals surface area contributed by atoms with Crippen molar-refractivity contribution >= 4 is 39.2 Å². The van der Waals surface area contributed by atoms with Gasteiger partial charge in [-0.25, -0.2) is 0 Å². The van der Waals surface area contributed by atoms with Crippen molar-refractivity contribution < 1.29 is 9.53 Å². The molecule has 0 aliphatic carbocycles. The zero-order valence-corrected chi connectivity index (χ0v) is 9.85. The Bertz CT molecular complexity index is 368. The van der Waals surface area contributed by atoms with E-state index in [1.165, 1.54) is 7.11 Å². The first-order chi connectivity index (χ1) is 6.54. The monoisotopic (exact) mass is 277 g/mol. The van der Waals surface area contributed by atoms with Crippen molar-refractivity contribution in [1.29, 1.82) is 0 Å². The number of carbonyl (C=O) groups excluding carboxylic acids is 1. The van der Waals surface area contributed by atoms with E-state index < -0.39 is 0 Å². The van der Waals surface area contributed by atoms with Gasteiger partial charge in [-0.2, -0.15) is 0 Å². The van der Waals surface area contributed by atoms with Crippen LogP contribution in [0, 0.1) is 0 Å². The number of hydrogen-bond donors (Lipinski definition) is 1. The van der Waals surface area contributed by atoms with Crippen LogP contribution in [0.3, 0.4) is 0 Å². The molecular formula is C9H9BrClNO2.